The molecule has 1 N–H and O–H groups in total. The summed E-state index contributed by atoms with van der Waals surface area (Å²) < 4.78 is 10.5. The fourth-order valence-electron chi connectivity index (χ4n) is 1.59. The highest BCUT2D eigenvalue weighted by molar-refractivity contribution is 6.32. The number of hydrogen-bond acceptors (Lipinski definition) is 6. The highest BCUT2D eigenvalue weighted by atomic mass is 35.5. The van der Waals surface area contributed by atoms with E-state index in [4.69, 9.17) is 21.1 Å². The Bertz CT molecular complexity index is 506. The molecular weight excluding hydrogens is 302 g/mol. The van der Waals surface area contributed by atoms with E-state index in [1.54, 1.807) is 13.8 Å². The minimum atomic E-state index is -0.743. The zero-order chi connectivity index (χ0) is 15.8. The van der Waals surface area contributed by atoms with Crippen LogP contribution in [-0.4, -0.2) is 41.9 Å². The van der Waals surface area contributed by atoms with Gasteiger partial charge >= 0.3 is 5.69 Å². The van der Waals surface area contributed by atoms with Crippen molar-refractivity contribution in [2.75, 3.05) is 19.8 Å². The Labute approximate surface area is 126 Å². The molecule has 1 aromatic heterocycles. The summed E-state index contributed by atoms with van der Waals surface area (Å²) in [6.45, 7) is 4.49. The van der Waals surface area contributed by atoms with Crippen molar-refractivity contribution in [1.29, 1.82) is 0 Å². The molecule has 0 bridgehead atoms. The monoisotopic (exact) mass is 317 g/mol. The van der Waals surface area contributed by atoms with Crippen molar-refractivity contribution in [3.63, 3.8) is 0 Å². The normalized spacial score (nSPS) is 10.7. The maximum absolute atomic E-state index is 12.0. The van der Waals surface area contributed by atoms with Gasteiger partial charge in [-0.15, -0.1) is 0 Å². The molecule has 116 valence electrons. The summed E-state index contributed by atoms with van der Waals surface area (Å²) in [6, 6.07) is 1.23. The molecule has 0 spiro atoms. The van der Waals surface area contributed by atoms with E-state index in [1.807, 2.05) is 0 Å². The molecule has 1 rings (SSSR count). The zero-order valence-electron chi connectivity index (χ0n) is 11.7. The number of hydrogen-bond donors (Lipinski definition) is 1. The van der Waals surface area contributed by atoms with E-state index in [-0.39, 0.29) is 17.3 Å². The van der Waals surface area contributed by atoms with Crippen LogP contribution in [0.25, 0.3) is 0 Å². The van der Waals surface area contributed by atoms with Gasteiger partial charge in [0.1, 0.15) is 5.56 Å². The van der Waals surface area contributed by atoms with Crippen molar-refractivity contribution in [2.45, 2.75) is 20.1 Å². The summed E-state index contributed by atoms with van der Waals surface area (Å²) in [4.78, 5) is 25.8. The van der Waals surface area contributed by atoms with E-state index in [0.29, 0.717) is 13.2 Å². The molecule has 0 aliphatic rings. The van der Waals surface area contributed by atoms with Crippen LogP contribution in [0.4, 0.5) is 5.69 Å². The Morgan fingerprint density at radius 3 is 2.62 bits per heavy atom. The van der Waals surface area contributed by atoms with Crippen LogP contribution in [0.2, 0.25) is 5.15 Å². The molecule has 0 saturated carbocycles. The van der Waals surface area contributed by atoms with Crippen molar-refractivity contribution in [2.24, 2.45) is 0 Å². The first-order valence-corrected chi connectivity index (χ1v) is 6.69. The minimum Gasteiger partial charge on any atom is -0.351 e. The first-order chi connectivity index (χ1) is 10.0. The fourth-order valence-corrected chi connectivity index (χ4v) is 1.82. The molecule has 1 heterocycles. The summed E-state index contributed by atoms with van der Waals surface area (Å²) in [7, 11) is 0. The fraction of sp³-hybridized carbons (Fsp3) is 0.500. The van der Waals surface area contributed by atoms with Gasteiger partial charge in [0.25, 0.3) is 5.91 Å². The number of amides is 1. The lowest BCUT2D eigenvalue weighted by atomic mass is 10.2. The van der Waals surface area contributed by atoms with E-state index >= 15 is 0 Å². The Hall–Kier alpha value is -1.77. The molecule has 0 aliphatic heterocycles. The zero-order valence-corrected chi connectivity index (χ0v) is 12.4. The lowest BCUT2D eigenvalue weighted by Gasteiger charge is -2.17. The van der Waals surface area contributed by atoms with E-state index in [2.05, 4.69) is 10.3 Å². The number of aromatic nitrogens is 1. The molecule has 0 fully saturated rings. The number of nitro groups is 1. The van der Waals surface area contributed by atoms with Gasteiger partial charge in [0, 0.05) is 19.4 Å². The Morgan fingerprint density at radius 1 is 1.48 bits per heavy atom. The number of nitrogens with one attached hydrogen (secondary N) is 1. The van der Waals surface area contributed by atoms with Crippen molar-refractivity contribution in [3.05, 3.63) is 33.1 Å². The SMILES string of the molecule is CCOC(CNC(=O)c1ccnc(Cl)c1[N+](=O)[O-])OCC. The van der Waals surface area contributed by atoms with E-state index in [0.717, 1.165) is 0 Å². The average molecular weight is 318 g/mol. The van der Waals surface area contributed by atoms with Crippen LogP contribution < -0.4 is 5.32 Å². The smallest absolute Gasteiger partial charge is 0.319 e. The number of halogens is 1. The minimum absolute atomic E-state index is 0.0671. The first-order valence-electron chi connectivity index (χ1n) is 6.31. The predicted octanol–water partition coefficient (Wildman–Crippen LogP) is 1.77. The molecule has 21 heavy (non-hydrogen) atoms. The van der Waals surface area contributed by atoms with Gasteiger partial charge in [0.15, 0.2) is 6.29 Å². The standard InChI is InChI=1S/C12H16ClN3O5/c1-3-20-9(21-4-2)7-15-12(17)8-5-6-14-11(13)10(8)16(18)19/h5-6,9H,3-4,7H2,1-2H3,(H,15,17). The molecule has 0 radical (unpaired) electrons. The second kappa shape index (κ2) is 8.50. The molecule has 1 aromatic rings. The van der Waals surface area contributed by atoms with Crippen molar-refractivity contribution < 1.29 is 19.2 Å². The average Bonchev–Trinajstić information content (AvgIpc) is 2.44. The molecule has 0 aliphatic carbocycles. The third-order valence-corrected chi connectivity index (χ3v) is 2.72. The molecule has 0 atom stereocenters. The maximum atomic E-state index is 12.0. The number of rotatable bonds is 8. The number of carbonyl (C=O) groups excluding carboxylic acids is 1. The summed E-state index contributed by atoms with van der Waals surface area (Å²) >= 11 is 5.65. The van der Waals surface area contributed by atoms with Crippen LogP contribution >= 0.6 is 11.6 Å². The number of carbonyl (C=O) groups is 1. The lowest BCUT2D eigenvalue weighted by molar-refractivity contribution is -0.385. The molecule has 0 aromatic carbocycles. The summed E-state index contributed by atoms with van der Waals surface area (Å²) in [5, 5.41) is 13.1. The molecule has 1 amide bonds. The second-order valence-corrected chi connectivity index (χ2v) is 4.16. The number of nitrogens with zero attached hydrogens (tertiary/aromatic N) is 2. The largest absolute Gasteiger partial charge is 0.351 e. The van der Waals surface area contributed by atoms with Gasteiger partial charge in [-0.3, -0.25) is 14.9 Å². The van der Waals surface area contributed by atoms with Gasteiger partial charge in [-0.05, 0) is 19.9 Å². The summed E-state index contributed by atoms with van der Waals surface area (Å²) in [5.41, 5.74) is -0.687. The van der Waals surface area contributed by atoms with Gasteiger partial charge in [-0.1, -0.05) is 11.6 Å². The van der Waals surface area contributed by atoms with Gasteiger partial charge in [-0.25, -0.2) is 4.98 Å². The highest BCUT2D eigenvalue weighted by Gasteiger charge is 2.25. The van der Waals surface area contributed by atoms with Crippen LogP contribution in [0.1, 0.15) is 24.2 Å². The highest BCUT2D eigenvalue weighted by Crippen LogP contribution is 2.25. The molecule has 0 unspecified atom stereocenters. The van der Waals surface area contributed by atoms with Crippen molar-refractivity contribution >= 4 is 23.2 Å². The van der Waals surface area contributed by atoms with Gasteiger partial charge < -0.3 is 14.8 Å². The van der Waals surface area contributed by atoms with Crippen LogP contribution in [0, 0.1) is 10.1 Å². The molecule has 8 nitrogen and oxygen atoms in total. The maximum Gasteiger partial charge on any atom is 0.319 e. The molecule has 0 saturated heterocycles. The third kappa shape index (κ3) is 4.92. The molecular formula is C12H16ClN3O5. The Morgan fingerprint density at radius 2 is 2.10 bits per heavy atom. The predicted molar refractivity (Wildman–Crippen MR) is 75.3 cm³/mol. The molecule has 9 heteroatoms. The summed E-state index contributed by atoms with van der Waals surface area (Å²) in [6.07, 6.45) is 0.618. The lowest BCUT2D eigenvalue weighted by Crippen LogP contribution is -2.35. The van der Waals surface area contributed by atoms with Crippen LogP contribution in [-0.2, 0) is 9.47 Å². The Kier molecular flexibility index (Phi) is 7.00. The Balaban J connectivity index is 2.80. The van der Waals surface area contributed by atoms with Crippen LogP contribution in [0.5, 0.6) is 0 Å². The quantitative estimate of drug-likeness (QED) is 0.339. The van der Waals surface area contributed by atoms with Crippen molar-refractivity contribution in [3.8, 4) is 0 Å². The van der Waals surface area contributed by atoms with Gasteiger partial charge in [0.05, 0.1) is 11.5 Å². The summed E-state index contributed by atoms with van der Waals surface area (Å²) in [5.74, 6) is -0.643. The van der Waals surface area contributed by atoms with Gasteiger partial charge in [0.2, 0.25) is 5.15 Å². The second-order valence-electron chi connectivity index (χ2n) is 3.81. The topological polar surface area (TPSA) is 104 Å². The first kappa shape index (κ1) is 17.3. The third-order valence-electron chi connectivity index (χ3n) is 2.44. The van der Waals surface area contributed by atoms with E-state index in [1.165, 1.54) is 12.3 Å². The van der Waals surface area contributed by atoms with Crippen molar-refractivity contribution in [1.82, 2.24) is 10.3 Å². The van der Waals surface area contributed by atoms with E-state index in [9.17, 15) is 14.9 Å². The van der Waals surface area contributed by atoms with Crippen LogP contribution in [0.15, 0.2) is 12.3 Å². The number of ether oxygens (including phenoxy) is 2. The van der Waals surface area contributed by atoms with E-state index < -0.39 is 22.8 Å². The number of pyridine rings is 1. The van der Waals surface area contributed by atoms with Crippen LogP contribution in [0.3, 0.4) is 0 Å². The van der Waals surface area contributed by atoms with Gasteiger partial charge in [-0.2, -0.15) is 0 Å².